The van der Waals surface area contributed by atoms with Crippen LogP contribution >= 0.6 is 0 Å². The molecular weight excluding hydrogens is 288 g/mol. The zero-order valence-corrected chi connectivity index (χ0v) is 11.8. The molecule has 0 bridgehead atoms. The van der Waals surface area contributed by atoms with Gasteiger partial charge in [-0.1, -0.05) is 18.2 Å². The number of ether oxygens (including phenoxy) is 2. The molecule has 0 aliphatic carbocycles. The number of phenols is 1. The molecule has 2 aromatic carbocycles. The molecule has 0 aliphatic heterocycles. The van der Waals surface area contributed by atoms with Crippen LogP contribution in [-0.2, 0) is 9.47 Å². The second-order valence-corrected chi connectivity index (χ2v) is 4.42. The molecule has 2 rings (SSSR count). The Hall–Kier alpha value is -2.86. The number of phenolic OH excluding ortho intramolecular Hbond substituents is 1. The van der Waals surface area contributed by atoms with Crippen molar-refractivity contribution in [2.24, 2.45) is 0 Å². The maximum absolute atomic E-state index is 12.0. The molecule has 2 N–H and O–H groups in total. The number of carbonyl (C=O) groups excluding carboxylic acids is 1. The van der Waals surface area contributed by atoms with Crippen LogP contribution in [-0.4, -0.2) is 36.1 Å². The Labute approximate surface area is 126 Å². The Morgan fingerprint density at radius 3 is 2.41 bits per heavy atom. The van der Waals surface area contributed by atoms with Crippen molar-refractivity contribution in [1.82, 2.24) is 0 Å². The van der Waals surface area contributed by atoms with Gasteiger partial charge < -0.3 is 19.7 Å². The van der Waals surface area contributed by atoms with Crippen LogP contribution in [0, 0.1) is 0 Å². The first kappa shape index (κ1) is 15.5. The average Bonchev–Trinajstić information content (AvgIpc) is 2.52. The number of esters is 1. The zero-order valence-electron chi connectivity index (χ0n) is 11.8. The SMILES string of the molecule is COCOC(=O)c1ccccc1-c1ccc(O)cc1C(=O)O. The number of hydrogen-bond donors (Lipinski definition) is 2. The Morgan fingerprint density at radius 1 is 1.05 bits per heavy atom. The number of carbonyl (C=O) groups is 2. The van der Waals surface area contributed by atoms with Crippen LogP contribution in [0.5, 0.6) is 5.75 Å². The van der Waals surface area contributed by atoms with Gasteiger partial charge in [0.2, 0.25) is 0 Å². The van der Waals surface area contributed by atoms with Crippen LogP contribution in [0.1, 0.15) is 20.7 Å². The van der Waals surface area contributed by atoms with E-state index in [0.717, 1.165) is 6.07 Å². The highest BCUT2D eigenvalue weighted by atomic mass is 16.7. The highest BCUT2D eigenvalue weighted by molar-refractivity contribution is 6.02. The van der Waals surface area contributed by atoms with Gasteiger partial charge in [-0.2, -0.15) is 0 Å². The number of aromatic carboxylic acids is 1. The van der Waals surface area contributed by atoms with Crippen molar-refractivity contribution in [2.75, 3.05) is 13.9 Å². The first-order chi connectivity index (χ1) is 10.5. The molecule has 0 saturated carbocycles. The molecule has 114 valence electrons. The van der Waals surface area contributed by atoms with Gasteiger partial charge in [-0.15, -0.1) is 0 Å². The summed E-state index contributed by atoms with van der Waals surface area (Å²) in [6.45, 7) is -0.200. The van der Waals surface area contributed by atoms with Gasteiger partial charge in [0.15, 0.2) is 6.79 Å². The first-order valence-corrected chi connectivity index (χ1v) is 6.36. The maximum atomic E-state index is 12.0. The van der Waals surface area contributed by atoms with Gasteiger partial charge in [0.1, 0.15) is 5.75 Å². The van der Waals surface area contributed by atoms with Gasteiger partial charge in [-0.25, -0.2) is 9.59 Å². The molecule has 0 unspecified atom stereocenters. The summed E-state index contributed by atoms with van der Waals surface area (Å²) in [5, 5.41) is 18.7. The highest BCUT2D eigenvalue weighted by Gasteiger charge is 2.19. The molecule has 0 radical (unpaired) electrons. The fourth-order valence-corrected chi connectivity index (χ4v) is 2.03. The molecule has 0 aliphatic rings. The summed E-state index contributed by atoms with van der Waals surface area (Å²) in [6, 6.07) is 10.4. The van der Waals surface area contributed by atoms with Crippen LogP contribution in [0.15, 0.2) is 42.5 Å². The third kappa shape index (κ3) is 3.24. The van der Waals surface area contributed by atoms with E-state index in [0.29, 0.717) is 11.1 Å². The van der Waals surface area contributed by atoms with Crippen LogP contribution in [0.4, 0.5) is 0 Å². The lowest BCUT2D eigenvalue weighted by atomic mass is 9.95. The fraction of sp³-hybridized carbons (Fsp3) is 0.125. The monoisotopic (exact) mass is 302 g/mol. The predicted molar refractivity (Wildman–Crippen MR) is 77.8 cm³/mol. The molecule has 22 heavy (non-hydrogen) atoms. The lowest BCUT2D eigenvalue weighted by molar-refractivity contribution is -0.0124. The summed E-state index contributed by atoms with van der Waals surface area (Å²) in [7, 11) is 1.39. The summed E-state index contributed by atoms with van der Waals surface area (Å²) in [6.07, 6.45) is 0. The highest BCUT2D eigenvalue weighted by Crippen LogP contribution is 2.30. The lowest BCUT2D eigenvalue weighted by Crippen LogP contribution is -2.10. The number of benzene rings is 2. The van der Waals surface area contributed by atoms with E-state index in [9.17, 15) is 19.8 Å². The fourth-order valence-electron chi connectivity index (χ4n) is 2.03. The van der Waals surface area contributed by atoms with Crippen molar-refractivity contribution >= 4 is 11.9 Å². The third-order valence-corrected chi connectivity index (χ3v) is 2.98. The minimum absolute atomic E-state index is 0.105. The van der Waals surface area contributed by atoms with Crippen molar-refractivity contribution in [2.45, 2.75) is 0 Å². The Balaban J connectivity index is 2.54. The second kappa shape index (κ2) is 6.73. The number of hydrogen-bond acceptors (Lipinski definition) is 5. The minimum Gasteiger partial charge on any atom is -0.508 e. The molecule has 2 aromatic rings. The smallest absolute Gasteiger partial charge is 0.340 e. The Kier molecular flexibility index (Phi) is 4.75. The van der Waals surface area contributed by atoms with E-state index in [1.165, 1.54) is 25.3 Å². The molecule has 0 fully saturated rings. The molecule has 6 heteroatoms. The normalized spacial score (nSPS) is 10.2. The van der Waals surface area contributed by atoms with E-state index in [1.54, 1.807) is 18.2 Å². The van der Waals surface area contributed by atoms with Crippen LogP contribution in [0.3, 0.4) is 0 Å². The number of rotatable bonds is 5. The number of carboxylic acid groups (broad SMARTS) is 1. The Morgan fingerprint density at radius 2 is 1.73 bits per heavy atom. The quantitative estimate of drug-likeness (QED) is 0.651. The molecule has 0 aromatic heterocycles. The van der Waals surface area contributed by atoms with E-state index in [-0.39, 0.29) is 23.7 Å². The molecule has 0 spiro atoms. The van der Waals surface area contributed by atoms with E-state index >= 15 is 0 Å². The lowest BCUT2D eigenvalue weighted by Gasteiger charge is -2.12. The molecule has 0 amide bonds. The molecule has 0 heterocycles. The summed E-state index contributed by atoms with van der Waals surface area (Å²) in [4.78, 5) is 23.4. The van der Waals surface area contributed by atoms with E-state index in [2.05, 4.69) is 4.74 Å². The summed E-state index contributed by atoms with van der Waals surface area (Å²) in [5.74, 6) is -1.99. The van der Waals surface area contributed by atoms with Crippen molar-refractivity contribution in [1.29, 1.82) is 0 Å². The van der Waals surface area contributed by atoms with Crippen molar-refractivity contribution in [3.8, 4) is 16.9 Å². The number of aromatic hydroxyl groups is 1. The minimum atomic E-state index is -1.20. The van der Waals surface area contributed by atoms with E-state index < -0.39 is 11.9 Å². The van der Waals surface area contributed by atoms with Gasteiger partial charge in [-0.3, -0.25) is 0 Å². The Bertz CT molecular complexity index is 708. The summed E-state index contributed by atoms with van der Waals surface area (Å²) in [5.41, 5.74) is 0.830. The topological polar surface area (TPSA) is 93.1 Å². The molecule has 0 saturated heterocycles. The van der Waals surface area contributed by atoms with Gasteiger partial charge >= 0.3 is 11.9 Å². The van der Waals surface area contributed by atoms with Gasteiger partial charge in [0.05, 0.1) is 11.1 Å². The first-order valence-electron chi connectivity index (χ1n) is 6.36. The summed E-state index contributed by atoms with van der Waals surface area (Å²) >= 11 is 0. The average molecular weight is 302 g/mol. The summed E-state index contributed by atoms with van der Waals surface area (Å²) < 4.78 is 9.59. The molecule has 6 nitrogen and oxygen atoms in total. The third-order valence-electron chi connectivity index (χ3n) is 2.98. The molecule has 0 atom stereocenters. The maximum Gasteiger partial charge on any atom is 0.340 e. The van der Waals surface area contributed by atoms with Gasteiger partial charge in [0, 0.05) is 7.11 Å². The van der Waals surface area contributed by atoms with Crippen molar-refractivity contribution in [3.05, 3.63) is 53.6 Å². The second-order valence-electron chi connectivity index (χ2n) is 4.42. The van der Waals surface area contributed by atoms with Crippen LogP contribution in [0.25, 0.3) is 11.1 Å². The van der Waals surface area contributed by atoms with E-state index in [1.807, 2.05) is 0 Å². The standard InChI is InChI=1S/C16H14O6/c1-21-9-22-16(20)13-5-3-2-4-11(13)12-7-6-10(17)8-14(12)15(18)19/h2-8,17H,9H2,1H3,(H,18,19). The number of methoxy groups -OCH3 is 1. The van der Waals surface area contributed by atoms with Gasteiger partial charge in [0.25, 0.3) is 0 Å². The molecular formula is C16H14O6. The predicted octanol–water partition coefficient (Wildman–Crippen LogP) is 2.52. The number of carboxylic acids is 1. The van der Waals surface area contributed by atoms with Crippen LogP contribution < -0.4 is 0 Å². The van der Waals surface area contributed by atoms with Gasteiger partial charge in [-0.05, 0) is 35.4 Å². The largest absolute Gasteiger partial charge is 0.508 e. The zero-order chi connectivity index (χ0) is 16.1. The van der Waals surface area contributed by atoms with E-state index in [4.69, 9.17) is 4.74 Å². The van der Waals surface area contributed by atoms with Crippen molar-refractivity contribution in [3.63, 3.8) is 0 Å². The van der Waals surface area contributed by atoms with Crippen LogP contribution in [0.2, 0.25) is 0 Å². The van der Waals surface area contributed by atoms with Crippen molar-refractivity contribution < 1.29 is 29.3 Å².